The van der Waals surface area contributed by atoms with Crippen LogP contribution < -0.4 is 5.73 Å². The van der Waals surface area contributed by atoms with E-state index in [2.05, 4.69) is 30.6 Å². The van der Waals surface area contributed by atoms with E-state index in [0.717, 1.165) is 18.5 Å². The molecule has 0 bridgehead atoms. The highest BCUT2D eigenvalue weighted by Gasteiger charge is 2.32. The van der Waals surface area contributed by atoms with Gasteiger partial charge in [0, 0.05) is 44.3 Å². The minimum absolute atomic E-state index is 0.173. The highest BCUT2D eigenvalue weighted by Crippen LogP contribution is 2.30. The maximum atomic E-state index is 5.89. The molecule has 112 valence electrons. The molecule has 0 atom stereocenters. The second-order valence-electron chi connectivity index (χ2n) is 7.12. The van der Waals surface area contributed by atoms with Gasteiger partial charge in [0.2, 0.25) is 0 Å². The maximum Gasteiger partial charge on any atom is 0.0276 e. The van der Waals surface area contributed by atoms with Crippen LogP contribution in [0.15, 0.2) is 0 Å². The molecule has 2 aliphatic rings. The predicted octanol–water partition coefficient (Wildman–Crippen LogP) is 2.31. The van der Waals surface area contributed by atoms with Crippen molar-refractivity contribution in [1.82, 2.24) is 9.80 Å². The first-order valence-electron chi connectivity index (χ1n) is 8.26. The Hall–Kier alpha value is -0.120. The van der Waals surface area contributed by atoms with Crippen LogP contribution in [0.1, 0.15) is 52.9 Å². The minimum atomic E-state index is 0.173. The van der Waals surface area contributed by atoms with Gasteiger partial charge in [0.15, 0.2) is 0 Å². The highest BCUT2D eigenvalue weighted by atomic mass is 15.3. The summed E-state index contributed by atoms with van der Waals surface area (Å²) in [7, 11) is 0. The lowest BCUT2D eigenvalue weighted by molar-refractivity contribution is 0.0253. The zero-order chi connectivity index (χ0) is 13.9. The summed E-state index contributed by atoms with van der Waals surface area (Å²) in [6.07, 6.45) is 7.15. The molecule has 19 heavy (non-hydrogen) atoms. The molecule has 1 aliphatic heterocycles. The topological polar surface area (TPSA) is 32.5 Å². The smallest absolute Gasteiger partial charge is 0.0276 e. The van der Waals surface area contributed by atoms with E-state index in [1.54, 1.807) is 0 Å². The van der Waals surface area contributed by atoms with Gasteiger partial charge < -0.3 is 5.73 Å². The molecule has 2 fully saturated rings. The summed E-state index contributed by atoms with van der Waals surface area (Å²) in [5.74, 6) is 1.01. The van der Waals surface area contributed by atoms with Gasteiger partial charge in [-0.15, -0.1) is 0 Å². The average molecular weight is 267 g/mol. The SMILES string of the molecule is CCC1CCC(N2CCN(C(C)(C)CN)CC2)CC1. The first kappa shape index (κ1) is 15.3. The number of hydrogen-bond donors (Lipinski definition) is 1. The van der Waals surface area contributed by atoms with Crippen molar-refractivity contribution in [3.8, 4) is 0 Å². The van der Waals surface area contributed by atoms with Crippen LogP contribution in [0.4, 0.5) is 0 Å². The highest BCUT2D eigenvalue weighted by molar-refractivity contribution is 4.89. The Morgan fingerprint density at radius 1 is 1.00 bits per heavy atom. The summed E-state index contributed by atoms with van der Waals surface area (Å²) in [6, 6.07) is 0.867. The van der Waals surface area contributed by atoms with E-state index >= 15 is 0 Å². The summed E-state index contributed by atoms with van der Waals surface area (Å²) in [4.78, 5) is 5.32. The maximum absolute atomic E-state index is 5.89. The van der Waals surface area contributed by atoms with Gasteiger partial charge in [-0.1, -0.05) is 13.3 Å². The van der Waals surface area contributed by atoms with Crippen molar-refractivity contribution in [3.05, 3.63) is 0 Å². The standard InChI is InChI=1S/C16H33N3/c1-4-14-5-7-15(8-6-14)18-9-11-19(12-10-18)16(2,3)13-17/h14-15H,4-13,17H2,1-3H3. The lowest BCUT2D eigenvalue weighted by Gasteiger charge is -2.46. The lowest BCUT2D eigenvalue weighted by atomic mass is 9.83. The fourth-order valence-corrected chi connectivity index (χ4v) is 3.74. The van der Waals surface area contributed by atoms with Gasteiger partial charge >= 0.3 is 0 Å². The van der Waals surface area contributed by atoms with E-state index in [-0.39, 0.29) is 5.54 Å². The van der Waals surface area contributed by atoms with E-state index in [9.17, 15) is 0 Å². The third kappa shape index (κ3) is 3.71. The summed E-state index contributed by atoms with van der Waals surface area (Å²) in [6.45, 7) is 12.5. The molecule has 0 spiro atoms. The molecule has 1 saturated carbocycles. The second-order valence-corrected chi connectivity index (χ2v) is 7.12. The van der Waals surface area contributed by atoms with Crippen LogP contribution in [0.5, 0.6) is 0 Å². The number of rotatable bonds is 4. The molecular formula is C16H33N3. The molecular weight excluding hydrogens is 234 g/mol. The molecule has 3 heteroatoms. The van der Waals surface area contributed by atoms with Crippen LogP contribution in [0.25, 0.3) is 0 Å². The monoisotopic (exact) mass is 267 g/mol. The van der Waals surface area contributed by atoms with Gasteiger partial charge in [-0.3, -0.25) is 9.80 Å². The molecule has 0 radical (unpaired) electrons. The van der Waals surface area contributed by atoms with E-state index in [0.29, 0.717) is 0 Å². The Balaban J connectivity index is 1.78. The van der Waals surface area contributed by atoms with E-state index in [1.807, 2.05) is 0 Å². The molecule has 0 unspecified atom stereocenters. The Morgan fingerprint density at radius 2 is 1.58 bits per heavy atom. The van der Waals surface area contributed by atoms with Crippen LogP contribution in [-0.2, 0) is 0 Å². The first-order chi connectivity index (χ1) is 9.06. The Morgan fingerprint density at radius 3 is 2.05 bits per heavy atom. The summed E-state index contributed by atoms with van der Waals surface area (Å²) in [5, 5.41) is 0. The summed E-state index contributed by atoms with van der Waals surface area (Å²) >= 11 is 0. The molecule has 0 aromatic heterocycles. The molecule has 1 aliphatic carbocycles. The Bertz CT molecular complexity index is 261. The van der Waals surface area contributed by atoms with Crippen molar-refractivity contribution in [1.29, 1.82) is 0 Å². The predicted molar refractivity (Wildman–Crippen MR) is 82.3 cm³/mol. The van der Waals surface area contributed by atoms with Crippen molar-refractivity contribution >= 4 is 0 Å². The van der Waals surface area contributed by atoms with Gasteiger partial charge in [-0.2, -0.15) is 0 Å². The number of nitrogens with two attached hydrogens (primary N) is 1. The van der Waals surface area contributed by atoms with E-state index in [1.165, 1.54) is 58.3 Å². The molecule has 3 nitrogen and oxygen atoms in total. The fourth-order valence-electron chi connectivity index (χ4n) is 3.74. The van der Waals surface area contributed by atoms with Gasteiger partial charge in [-0.25, -0.2) is 0 Å². The number of piperazine rings is 1. The zero-order valence-electron chi connectivity index (χ0n) is 13.2. The van der Waals surface area contributed by atoms with Gasteiger partial charge in [-0.05, 0) is 45.4 Å². The molecule has 1 heterocycles. The Labute approximate surface area is 119 Å². The van der Waals surface area contributed by atoms with Crippen LogP contribution in [0, 0.1) is 5.92 Å². The first-order valence-corrected chi connectivity index (χ1v) is 8.26. The molecule has 0 amide bonds. The third-order valence-electron chi connectivity index (χ3n) is 5.58. The van der Waals surface area contributed by atoms with Crippen molar-refractivity contribution in [2.45, 2.75) is 64.5 Å². The van der Waals surface area contributed by atoms with Crippen LogP contribution in [0.3, 0.4) is 0 Å². The van der Waals surface area contributed by atoms with Gasteiger partial charge in [0.05, 0.1) is 0 Å². The molecule has 1 saturated heterocycles. The van der Waals surface area contributed by atoms with Crippen LogP contribution in [-0.4, -0.2) is 54.1 Å². The van der Waals surface area contributed by atoms with Crippen LogP contribution >= 0.6 is 0 Å². The molecule has 0 aromatic rings. The average Bonchev–Trinajstić information content (AvgIpc) is 2.47. The largest absolute Gasteiger partial charge is 0.329 e. The minimum Gasteiger partial charge on any atom is -0.329 e. The quantitative estimate of drug-likeness (QED) is 0.848. The number of hydrogen-bond acceptors (Lipinski definition) is 3. The third-order valence-corrected chi connectivity index (χ3v) is 5.58. The number of nitrogens with zero attached hydrogens (tertiary/aromatic N) is 2. The molecule has 2 rings (SSSR count). The molecule has 0 aromatic carbocycles. The lowest BCUT2D eigenvalue weighted by Crippen LogP contribution is -2.59. The Kier molecular flexibility index (Phi) is 5.27. The van der Waals surface area contributed by atoms with Crippen molar-refractivity contribution in [3.63, 3.8) is 0 Å². The summed E-state index contributed by atoms with van der Waals surface area (Å²) in [5.41, 5.74) is 6.06. The van der Waals surface area contributed by atoms with Gasteiger partial charge in [0.1, 0.15) is 0 Å². The zero-order valence-corrected chi connectivity index (χ0v) is 13.2. The van der Waals surface area contributed by atoms with Crippen molar-refractivity contribution in [2.75, 3.05) is 32.7 Å². The summed E-state index contributed by atoms with van der Waals surface area (Å²) < 4.78 is 0. The van der Waals surface area contributed by atoms with E-state index < -0.39 is 0 Å². The van der Waals surface area contributed by atoms with Crippen LogP contribution in [0.2, 0.25) is 0 Å². The normalized spacial score (nSPS) is 31.6. The second kappa shape index (κ2) is 6.55. The fraction of sp³-hybridized carbons (Fsp3) is 1.00. The molecule has 2 N–H and O–H groups in total. The van der Waals surface area contributed by atoms with E-state index in [4.69, 9.17) is 5.73 Å². The van der Waals surface area contributed by atoms with Crippen molar-refractivity contribution in [2.24, 2.45) is 11.7 Å². The van der Waals surface area contributed by atoms with Gasteiger partial charge in [0.25, 0.3) is 0 Å². The van der Waals surface area contributed by atoms with Crippen molar-refractivity contribution < 1.29 is 0 Å².